The van der Waals surface area contributed by atoms with Crippen LogP contribution in [-0.4, -0.2) is 16.3 Å². The Labute approximate surface area is 138 Å². The summed E-state index contributed by atoms with van der Waals surface area (Å²) in [7, 11) is 0. The fourth-order valence-corrected chi connectivity index (χ4v) is 3.39. The van der Waals surface area contributed by atoms with Crippen molar-refractivity contribution in [1.29, 1.82) is 0 Å². The molecular weight excluding hydrogens is 338 g/mol. The molecule has 1 aromatic heterocycles. The van der Waals surface area contributed by atoms with Gasteiger partial charge in [0.2, 0.25) is 0 Å². The van der Waals surface area contributed by atoms with E-state index in [1.807, 2.05) is 10.7 Å². The van der Waals surface area contributed by atoms with Gasteiger partial charge in [0.25, 0.3) is 0 Å². The highest BCUT2D eigenvalue weighted by Gasteiger charge is 2.23. The number of hydrogen-bond acceptors (Lipinski definition) is 2. The molecule has 2 heterocycles. The third kappa shape index (κ3) is 2.24. The van der Waals surface area contributed by atoms with E-state index in [1.165, 1.54) is 11.1 Å². The van der Waals surface area contributed by atoms with Crippen LogP contribution < -0.4 is 5.32 Å². The number of benzene rings is 2. The quantitative estimate of drug-likeness (QED) is 0.730. The molecule has 0 saturated heterocycles. The summed E-state index contributed by atoms with van der Waals surface area (Å²) in [6.45, 7) is 3.08. The molecule has 0 saturated carbocycles. The smallest absolute Gasteiger partial charge is 0.133 e. The van der Waals surface area contributed by atoms with E-state index in [9.17, 15) is 0 Å². The SMILES string of the molecule is Cc1cccc(-n2nc(-c3cccc(Br)c3)c3c2NCC3)c1. The van der Waals surface area contributed by atoms with E-state index in [0.717, 1.165) is 40.2 Å². The van der Waals surface area contributed by atoms with E-state index in [2.05, 4.69) is 70.6 Å². The maximum absolute atomic E-state index is 4.89. The molecule has 2 aromatic carbocycles. The summed E-state index contributed by atoms with van der Waals surface area (Å²) < 4.78 is 3.11. The van der Waals surface area contributed by atoms with Crippen molar-refractivity contribution < 1.29 is 0 Å². The van der Waals surface area contributed by atoms with Gasteiger partial charge in [-0.05, 0) is 43.2 Å². The lowest BCUT2D eigenvalue weighted by Gasteiger charge is -2.07. The molecule has 0 amide bonds. The molecule has 0 unspecified atom stereocenters. The molecule has 0 bridgehead atoms. The Hall–Kier alpha value is -2.07. The highest BCUT2D eigenvalue weighted by molar-refractivity contribution is 9.10. The van der Waals surface area contributed by atoms with Crippen LogP contribution >= 0.6 is 15.9 Å². The first-order chi connectivity index (χ1) is 10.7. The van der Waals surface area contributed by atoms with Gasteiger partial charge in [-0.3, -0.25) is 0 Å². The lowest BCUT2D eigenvalue weighted by molar-refractivity contribution is 0.881. The zero-order valence-corrected chi connectivity index (χ0v) is 13.9. The van der Waals surface area contributed by atoms with Crippen molar-refractivity contribution in [1.82, 2.24) is 9.78 Å². The largest absolute Gasteiger partial charge is 0.369 e. The Bertz CT molecular complexity index is 783. The zero-order valence-electron chi connectivity index (χ0n) is 12.3. The lowest BCUT2D eigenvalue weighted by Crippen LogP contribution is -2.04. The standard InChI is InChI=1S/C18H16BrN3/c1-12-4-2-7-15(10-12)22-18-16(8-9-20-18)17(21-22)13-5-3-6-14(19)11-13/h2-7,10-11,20H,8-9H2,1H3. The van der Waals surface area contributed by atoms with Crippen molar-refractivity contribution in [2.24, 2.45) is 0 Å². The van der Waals surface area contributed by atoms with Crippen molar-refractivity contribution in [3.63, 3.8) is 0 Å². The number of hydrogen-bond donors (Lipinski definition) is 1. The number of nitrogens with one attached hydrogen (secondary N) is 1. The summed E-state index contributed by atoms with van der Waals surface area (Å²) >= 11 is 3.55. The molecule has 22 heavy (non-hydrogen) atoms. The van der Waals surface area contributed by atoms with Crippen LogP contribution in [0.2, 0.25) is 0 Å². The van der Waals surface area contributed by atoms with Crippen LogP contribution in [0, 0.1) is 6.92 Å². The molecule has 4 heteroatoms. The third-order valence-electron chi connectivity index (χ3n) is 4.00. The second kappa shape index (κ2) is 5.29. The summed E-state index contributed by atoms with van der Waals surface area (Å²) in [5.74, 6) is 1.13. The van der Waals surface area contributed by atoms with Gasteiger partial charge in [0.05, 0.1) is 11.4 Å². The van der Waals surface area contributed by atoms with E-state index in [1.54, 1.807) is 0 Å². The maximum atomic E-state index is 4.89. The number of aromatic nitrogens is 2. The van der Waals surface area contributed by atoms with Crippen molar-refractivity contribution in [2.75, 3.05) is 11.9 Å². The highest BCUT2D eigenvalue weighted by atomic mass is 79.9. The average molecular weight is 354 g/mol. The van der Waals surface area contributed by atoms with Crippen LogP contribution in [0.4, 0.5) is 5.82 Å². The number of aryl methyl sites for hydroxylation is 1. The molecular formula is C18H16BrN3. The van der Waals surface area contributed by atoms with E-state index < -0.39 is 0 Å². The molecule has 0 fully saturated rings. The van der Waals surface area contributed by atoms with Gasteiger partial charge in [0.15, 0.2) is 0 Å². The van der Waals surface area contributed by atoms with E-state index in [-0.39, 0.29) is 0 Å². The monoisotopic (exact) mass is 353 g/mol. The van der Waals surface area contributed by atoms with Crippen LogP contribution in [0.5, 0.6) is 0 Å². The van der Waals surface area contributed by atoms with Crippen molar-refractivity contribution in [3.05, 3.63) is 64.1 Å². The molecule has 0 spiro atoms. The Morgan fingerprint density at radius 2 is 2.00 bits per heavy atom. The van der Waals surface area contributed by atoms with Crippen molar-refractivity contribution >= 4 is 21.7 Å². The third-order valence-corrected chi connectivity index (χ3v) is 4.49. The molecule has 4 rings (SSSR count). The Morgan fingerprint density at radius 3 is 2.82 bits per heavy atom. The van der Waals surface area contributed by atoms with Crippen molar-refractivity contribution in [3.8, 4) is 16.9 Å². The summed E-state index contributed by atoms with van der Waals surface area (Å²) in [4.78, 5) is 0. The summed E-state index contributed by atoms with van der Waals surface area (Å²) in [6.07, 6.45) is 1.02. The van der Waals surface area contributed by atoms with E-state index in [0.29, 0.717) is 0 Å². The van der Waals surface area contributed by atoms with Crippen LogP contribution in [0.25, 0.3) is 16.9 Å². The van der Waals surface area contributed by atoms with E-state index in [4.69, 9.17) is 5.10 Å². The van der Waals surface area contributed by atoms with Gasteiger partial charge >= 0.3 is 0 Å². The molecule has 3 aromatic rings. The van der Waals surface area contributed by atoms with Crippen LogP contribution in [0.3, 0.4) is 0 Å². The predicted molar refractivity (Wildman–Crippen MR) is 93.6 cm³/mol. The Balaban J connectivity index is 1.90. The fourth-order valence-electron chi connectivity index (χ4n) is 2.99. The van der Waals surface area contributed by atoms with Gasteiger partial charge in [0.1, 0.15) is 5.82 Å². The minimum atomic E-state index is 0.972. The molecule has 1 aliphatic heterocycles. The summed E-state index contributed by atoms with van der Waals surface area (Å²) in [5, 5.41) is 8.37. The molecule has 1 aliphatic rings. The first-order valence-electron chi connectivity index (χ1n) is 7.41. The van der Waals surface area contributed by atoms with E-state index >= 15 is 0 Å². The topological polar surface area (TPSA) is 29.9 Å². The molecule has 3 nitrogen and oxygen atoms in total. The molecule has 110 valence electrons. The first kappa shape index (κ1) is 13.6. The number of halogens is 1. The molecule has 0 aliphatic carbocycles. The minimum Gasteiger partial charge on any atom is -0.369 e. The zero-order chi connectivity index (χ0) is 15.1. The number of anilines is 1. The van der Waals surface area contributed by atoms with Crippen molar-refractivity contribution in [2.45, 2.75) is 13.3 Å². The average Bonchev–Trinajstić information content (AvgIpc) is 3.09. The maximum Gasteiger partial charge on any atom is 0.133 e. The van der Waals surface area contributed by atoms with Gasteiger partial charge in [-0.1, -0.05) is 40.2 Å². The number of rotatable bonds is 2. The molecule has 0 radical (unpaired) electrons. The van der Waals surface area contributed by atoms with Gasteiger partial charge in [-0.2, -0.15) is 5.10 Å². The minimum absolute atomic E-state index is 0.972. The number of fused-ring (bicyclic) bond motifs is 1. The first-order valence-corrected chi connectivity index (χ1v) is 8.20. The second-order valence-corrected chi connectivity index (χ2v) is 6.53. The molecule has 1 N–H and O–H groups in total. The van der Waals surface area contributed by atoms with Crippen LogP contribution in [0.15, 0.2) is 53.0 Å². The fraction of sp³-hybridized carbons (Fsp3) is 0.167. The predicted octanol–water partition coefficient (Wildman–Crippen LogP) is 4.58. The van der Waals surface area contributed by atoms with Gasteiger partial charge in [-0.15, -0.1) is 0 Å². The van der Waals surface area contributed by atoms with Gasteiger partial charge in [0, 0.05) is 22.1 Å². The van der Waals surface area contributed by atoms with Crippen LogP contribution in [0.1, 0.15) is 11.1 Å². The summed E-state index contributed by atoms with van der Waals surface area (Å²) in [5.41, 5.74) is 5.87. The highest BCUT2D eigenvalue weighted by Crippen LogP contribution is 2.35. The molecule has 0 atom stereocenters. The Kier molecular flexibility index (Phi) is 3.26. The van der Waals surface area contributed by atoms with Gasteiger partial charge in [-0.25, -0.2) is 4.68 Å². The van der Waals surface area contributed by atoms with Gasteiger partial charge < -0.3 is 5.32 Å². The lowest BCUT2D eigenvalue weighted by atomic mass is 10.1. The Morgan fingerprint density at radius 1 is 1.14 bits per heavy atom. The van der Waals surface area contributed by atoms with Crippen LogP contribution in [-0.2, 0) is 6.42 Å². The second-order valence-electron chi connectivity index (χ2n) is 5.61. The number of nitrogens with zero attached hydrogens (tertiary/aromatic N) is 2. The normalized spacial score (nSPS) is 13.0. The summed E-state index contributed by atoms with van der Waals surface area (Å²) in [6, 6.07) is 16.8.